The summed E-state index contributed by atoms with van der Waals surface area (Å²) in [5.74, 6) is 0.291. The zero-order valence-electron chi connectivity index (χ0n) is 11.0. The SMILES string of the molecule is CNC[C@@H](c1ccc(O)cc1)[Si]1(O)CCCCC1. The minimum Gasteiger partial charge on any atom is -0.508 e. The van der Waals surface area contributed by atoms with Crippen molar-refractivity contribution in [1.29, 1.82) is 0 Å². The summed E-state index contributed by atoms with van der Waals surface area (Å²) in [6, 6.07) is 9.38. The number of benzene rings is 1. The number of nitrogens with one attached hydrogen (secondary N) is 1. The van der Waals surface area contributed by atoms with Gasteiger partial charge in [-0.3, -0.25) is 0 Å². The molecule has 1 aromatic rings. The summed E-state index contributed by atoms with van der Waals surface area (Å²) in [6.45, 7) is 0.827. The molecule has 1 aliphatic heterocycles. The summed E-state index contributed by atoms with van der Waals surface area (Å²) >= 11 is 0. The molecule has 0 aromatic heterocycles. The zero-order chi connectivity index (χ0) is 13.0. The van der Waals surface area contributed by atoms with E-state index < -0.39 is 8.32 Å². The summed E-state index contributed by atoms with van der Waals surface area (Å²) in [4.78, 5) is 11.0. The van der Waals surface area contributed by atoms with Gasteiger partial charge in [-0.2, -0.15) is 0 Å². The Morgan fingerprint density at radius 1 is 1.17 bits per heavy atom. The highest BCUT2D eigenvalue weighted by Gasteiger charge is 2.41. The van der Waals surface area contributed by atoms with Crippen molar-refractivity contribution in [3.8, 4) is 5.75 Å². The molecule has 1 saturated heterocycles. The summed E-state index contributed by atoms with van der Waals surface area (Å²) in [5.41, 5.74) is 1.40. The van der Waals surface area contributed by atoms with E-state index in [1.54, 1.807) is 12.1 Å². The van der Waals surface area contributed by atoms with Crippen molar-refractivity contribution < 1.29 is 9.90 Å². The highest BCUT2D eigenvalue weighted by Crippen LogP contribution is 2.37. The first kappa shape index (κ1) is 13.6. The monoisotopic (exact) mass is 265 g/mol. The van der Waals surface area contributed by atoms with Crippen LogP contribution < -0.4 is 5.32 Å². The van der Waals surface area contributed by atoms with Gasteiger partial charge in [-0.05, 0) is 36.8 Å². The smallest absolute Gasteiger partial charge is 0.197 e. The van der Waals surface area contributed by atoms with Gasteiger partial charge >= 0.3 is 0 Å². The molecule has 100 valence electrons. The molecule has 0 bridgehead atoms. The second kappa shape index (κ2) is 5.86. The molecule has 1 aromatic carbocycles. The van der Waals surface area contributed by atoms with Gasteiger partial charge in [-0.15, -0.1) is 0 Å². The van der Waals surface area contributed by atoms with Crippen molar-refractivity contribution in [2.45, 2.75) is 36.9 Å². The summed E-state index contributed by atoms with van der Waals surface area (Å²) in [5, 5.41) is 12.6. The van der Waals surface area contributed by atoms with Gasteiger partial charge in [0.15, 0.2) is 8.32 Å². The van der Waals surface area contributed by atoms with Gasteiger partial charge in [0.05, 0.1) is 0 Å². The molecular weight excluding hydrogens is 242 g/mol. The van der Waals surface area contributed by atoms with Crippen molar-refractivity contribution in [3.05, 3.63) is 29.8 Å². The minimum atomic E-state index is -2.19. The van der Waals surface area contributed by atoms with E-state index >= 15 is 0 Å². The van der Waals surface area contributed by atoms with Gasteiger partial charge < -0.3 is 15.2 Å². The molecule has 0 unspecified atom stereocenters. The fourth-order valence-electron chi connectivity index (χ4n) is 3.04. The van der Waals surface area contributed by atoms with Crippen molar-refractivity contribution in [2.75, 3.05) is 13.6 Å². The average Bonchev–Trinajstić information content (AvgIpc) is 2.38. The van der Waals surface area contributed by atoms with E-state index in [2.05, 4.69) is 5.32 Å². The number of likely N-dealkylation sites (N-methyl/N-ethyl adjacent to an activating group) is 1. The van der Waals surface area contributed by atoms with Crippen molar-refractivity contribution in [1.82, 2.24) is 5.32 Å². The molecule has 4 heteroatoms. The normalized spacial score (nSPS) is 20.6. The van der Waals surface area contributed by atoms with Crippen molar-refractivity contribution >= 4 is 8.32 Å². The minimum absolute atomic E-state index is 0.239. The van der Waals surface area contributed by atoms with E-state index in [1.807, 2.05) is 19.2 Å². The molecule has 0 saturated carbocycles. The molecule has 18 heavy (non-hydrogen) atoms. The molecule has 3 N–H and O–H groups in total. The van der Waals surface area contributed by atoms with Crippen LogP contribution in [0.2, 0.25) is 12.1 Å². The lowest BCUT2D eigenvalue weighted by atomic mass is 10.1. The lowest BCUT2D eigenvalue weighted by Crippen LogP contribution is -2.47. The van der Waals surface area contributed by atoms with Crippen LogP contribution in [0.5, 0.6) is 5.75 Å². The van der Waals surface area contributed by atoms with Crippen LogP contribution in [0.1, 0.15) is 30.4 Å². The number of phenols is 1. The number of hydrogen-bond acceptors (Lipinski definition) is 3. The molecule has 1 heterocycles. The third kappa shape index (κ3) is 2.94. The van der Waals surface area contributed by atoms with Crippen LogP contribution in [-0.2, 0) is 0 Å². The summed E-state index contributed by atoms with van der Waals surface area (Å²) in [6.07, 6.45) is 3.60. The van der Waals surface area contributed by atoms with Crippen LogP contribution in [0.3, 0.4) is 0 Å². The molecule has 0 aliphatic carbocycles. The number of phenolic OH excluding ortho intramolecular Hbond substituents is 1. The Hall–Kier alpha value is -0.843. The van der Waals surface area contributed by atoms with Gasteiger partial charge in [0.2, 0.25) is 0 Å². The van der Waals surface area contributed by atoms with Gasteiger partial charge in [-0.25, -0.2) is 0 Å². The van der Waals surface area contributed by atoms with Crippen LogP contribution in [0.25, 0.3) is 0 Å². The fraction of sp³-hybridized carbons (Fsp3) is 0.571. The van der Waals surface area contributed by atoms with Gasteiger partial charge in [0, 0.05) is 12.1 Å². The first-order valence-corrected chi connectivity index (χ1v) is 9.25. The first-order valence-electron chi connectivity index (χ1n) is 6.81. The quantitative estimate of drug-likeness (QED) is 0.733. The molecule has 1 aliphatic rings. The maximum atomic E-state index is 11.0. The molecule has 1 atom stereocenters. The van der Waals surface area contributed by atoms with Gasteiger partial charge in [0.25, 0.3) is 0 Å². The van der Waals surface area contributed by atoms with Crippen molar-refractivity contribution in [2.24, 2.45) is 0 Å². The predicted molar refractivity (Wildman–Crippen MR) is 76.2 cm³/mol. The molecule has 0 spiro atoms. The third-order valence-corrected chi connectivity index (χ3v) is 8.35. The molecule has 0 amide bonds. The second-order valence-electron chi connectivity index (χ2n) is 5.37. The number of aromatic hydroxyl groups is 1. The van der Waals surface area contributed by atoms with Crippen LogP contribution in [0, 0.1) is 0 Å². The largest absolute Gasteiger partial charge is 0.508 e. The van der Waals surface area contributed by atoms with Crippen LogP contribution in [-0.4, -0.2) is 31.8 Å². The van der Waals surface area contributed by atoms with E-state index in [0.29, 0.717) is 5.75 Å². The van der Waals surface area contributed by atoms with E-state index in [4.69, 9.17) is 0 Å². The number of hydrogen-bond donors (Lipinski definition) is 3. The van der Waals surface area contributed by atoms with Crippen LogP contribution >= 0.6 is 0 Å². The van der Waals surface area contributed by atoms with Gasteiger partial charge in [0.1, 0.15) is 5.75 Å². The van der Waals surface area contributed by atoms with E-state index in [9.17, 15) is 9.90 Å². The lowest BCUT2D eigenvalue weighted by Gasteiger charge is -2.37. The molecule has 3 nitrogen and oxygen atoms in total. The van der Waals surface area contributed by atoms with E-state index in [1.165, 1.54) is 24.8 Å². The third-order valence-electron chi connectivity index (χ3n) is 4.07. The Morgan fingerprint density at radius 3 is 2.33 bits per heavy atom. The van der Waals surface area contributed by atoms with E-state index in [0.717, 1.165) is 18.6 Å². The Bertz CT molecular complexity index is 374. The number of rotatable bonds is 4. The highest BCUT2D eigenvalue weighted by atomic mass is 28.4. The van der Waals surface area contributed by atoms with Gasteiger partial charge in [-0.1, -0.05) is 31.4 Å². The Kier molecular flexibility index (Phi) is 4.43. The highest BCUT2D eigenvalue weighted by molar-refractivity contribution is 6.74. The summed E-state index contributed by atoms with van der Waals surface area (Å²) < 4.78 is 0. The second-order valence-corrected chi connectivity index (χ2v) is 9.27. The maximum Gasteiger partial charge on any atom is 0.197 e. The zero-order valence-corrected chi connectivity index (χ0v) is 12.0. The molecular formula is C14H23NO2Si. The molecule has 1 fully saturated rings. The predicted octanol–water partition coefficient (Wildman–Crippen LogP) is 2.36. The Balaban J connectivity index is 2.23. The van der Waals surface area contributed by atoms with Crippen molar-refractivity contribution in [3.63, 3.8) is 0 Å². The Labute approximate surface area is 110 Å². The maximum absolute atomic E-state index is 11.0. The summed E-state index contributed by atoms with van der Waals surface area (Å²) in [7, 11) is -0.251. The van der Waals surface area contributed by atoms with Crippen LogP contribution in [0.4, 0.5) is 0 Å². The molecule has 0 radical (unpaired) electrons. The van der Waals surface area contributed by atoms with E-state index in [-0.39, 0.29) is 5.54 Å². The van der Waals surface area contributed by atoms with Crippen LogP contribution in [0.15, 0.2) is 24.3 Å². The average molecular weight is 265 g/mol. The molecule has 2 rings (SSSR count). The Morgan fingerprint density at radius 2 is 1.78 bits per heavy atom. The standard InChI is InChI=1S/C14H23NO2Si/c1-15-11-14(12-5-7-13(16)8-6-12)18(17)9-3-2-4-10-18/h5-8,14-17H,2-4,9-11H2,1H3/t14-/m0/s1. The fourth-order valence-corrected chi connectivity index (χ4v) is 7.11. The lowest BCUT2D eigenvalue weighted by molar-refractivity contribution is 0.463. The first-order chi connectivity index (χ1) is 8.65. The topological polar surface area (TPSA) is 52.5 Å².